The maximum Gasteiger partial charge on any atom is 0.260 e. The summed E-state index contributed by atoms with van der Waals surface area (Å²) in [4.78, 5) is 14.4. The molecule has 2 aromatic rings. The van der Waals surface area contributed by atoms with Gasteiger partial charge >= 0.3 is 0 Å². The third kappa shape index (κ3) is 7.26. The van der Waals surface area contributed by atoms with Crippen LogP contribution in [0.3, 0.4) is 0 Å². The number of nitrogens with zero attached hydrogens (tertiary/aromatic N) is 1. The number of para-hydroxylation sites is 1. The van der Waals surface area contributed by atoms with Gasteiger partial charge in [0.15, 0.2) is 6.61 Å². The molecule has 140 valence electrons. The molecule has 0 heterocycles. The van der Waals surface area contributed by atoms with Gasteiger partial charge in [-0.2, -0.15) is 0 Å². The van der Waals surface area contributed by atoms with Gasteiger partial charge in [0, 0.05) is 13.1 Å². The first-order chi connectivity index (χ1) is 12.7. The molecule has 0 aliphatic rings. The number of carbonyl (C=O) groups excluding carboxylic acids is 1. The highest BCUT2D eigenvalue weighted by molar-refractivity contribution is 5.77. The van der Waals surface area contributed by atoms with Crippen molar-refractivity contribution in [3.05, 3.63) is 66.0 Å². The van der Waals surface area contributed by atoms with E-state index >= 15 is 0 Å². The van der Waals surface area contributed by atoms with Crippen LogP contribution in [0.15, 0.2) is 54.6 Å². The Balaban J connectivity index is 1.91. The molecule has 0 unspecified atom stereocenters. The fraction of sp³-hybridized carbons (Fsp3) is 0.409. The summed E-state index contributed by atoms with van der Waals surface area (Å²) in [6.45, 7) is 3.37. The summed E-state index contributed by atoms with van der Waals surface area (Å²) >= 11 is 0. The Morgan fingerprint density at radius 2 is 1.65 bits per heavy atom. The summed E-state index contributed by atoms with van der Waals surface area (Å²) in [5.74, 6) is 0.373. The predicted octanol–water partition coefficient (Wildman–Crippen LogP) is 5.20. The SMILES string of the molecule is CCCCCCCN(Cc1ccc(F)cc1)C(=O)COc1ccccc1. The van der Waals surface area contributed by atoms with Gasteiger partial charge in [0.25, 0.3) is 5.91 Å². The lowest BCUT2D eigenvalue weighted by atomic mass is 10.1. The van der Waals surface area contributed by atoms with Crippen molar-refractivity contribution >= 4 is 5.91 Å². The number of unbranched alkanes of at least 4 members (excludes halogenated alkanes) is 4. The summed E-state index contributed by atoms with van der Waals surface area (Å²) in [6, 6.07) is 15.7. The number of rotatable bonds is 11. The van der Waals surface area contributed by atoms with E-state index < -0.39 is 0 Å². The van der Waals surface area contributed by atoms with Gasteiger partial charge in [-0.25, -0.2) is 4.39 Å². The van der Waals surface area contributed by atoms with E-state index in [4.69, 9.17) is 4.74 Å². The van der Waals surface area contributed by atoms with Crippen molar-refractivity contribution in [2.75, 3.05) is 13.2 Å². The molecule has 4 heteroatoms. The zero-order valence-corrected chi connectivity index (χ0v) is 15.5. The zero-order valence-electron chi connectivity index (χ0n) is 15.5. The van der Waals surface area contributed by atoms with E-state index in [9.17, 15) is 9.18 Å². The van der Waals surface area contributed by atoms with E-state index in [0.717, 1.165) is 18.4 Å². The molecule has 1 amide bonds. The highest BCUT2D eigenvalue weighted by atomic mass is 19.1. The van der Waals surface area contributed by atoms with Gasteiger partial charge in [0.05, 0.1) is 0 Å². The van der Waals surface area contributed by atoms with Crippen LogP contribution in [0.1, 0.15) is 44.6 Å². The molecule has 26 heavy (non-hydrogen) atoms. The van der Waals surface area contributed by atoms with E-state index in [1.165, 1.54) is 31.4 Å². The van der Waals surface area contributed by atoms with Crippen LogP contribution in [0.5, 0.6) is 5.75 Å². The monoisotopic (exact) mass is 357 g/mol. The minimum absolute atomic E-state index is 0.0141. The number of amides is 1. The van der Waals surface area contributed by atoms with Crippen LogP contribution in [0.25, 0.3) is 0 Å². The largest absolute Gasteiger partial charge is 0.484 e. The maximum absolute atomic E-state index is 13.1. The van der Waals surface area contributed by atoms with E-state index in [1.54, 1.807) is 12.1 Å². The van der Waals surface area contributed by atoms with Crippen LogP contribution in [-0.2, 0) is 11.3 Å². The highest BCUT2D eigenvalue weighted by Crippen LogP contribution is 2.12. The van der Waals surface area contributed by atoms with Crippen molar-refractivity contribution in [1.29, 1.82) is 0 Å². The molecule has 3 nitrogen and oxygen atoms in total. The molecule has 2 aromatic carbocycles. The van der Waals surface area contributed by atoms with Crippen molar-refractivity contribution in [3.8, 4) is 5.75 Å². The van der Waals surface area contributed by atoms with Gasteiger partial charge in [-0.15, -0.1) is 0 Å². The smallest absolute Gasteiger partial charge is 0.260 e. The molecular formula is C22H28FNO2. The Kier molecular flexibility index (Phi) is 8.67. The predicted molar refractivity (Wildman–Crippen MR) is 103 cm³/mol. The molecule has 0 aliphatic heterocycles. The first kappa shape index (κ1) is 20.0. The van der Waals surface area contributed by atoms with Crippen LogP contribution in [-0.4, -0.2) is 24.0 Å². The van der Waals surface area contributed by atoms with Crippen LogP contribution < -0.4 is 4.74 Å². The first-order valence-corrected chi connectivity index (χ1v) is 9.39. The number of ether oxygens (including phenoxy) is 1. The van der Waals surface area contributed by atoms with Crippen molar-refractivity contribution in [1.82, 2.24) is 4.90 Å². The Labute approximate surface area is 155 Å². The summed E-state index contributed by atoms with van der Waals surface area (Å²) < 4.78 is 18.7. The molecule has 0 radical (unpaired) electrons. The highest BCUT2D eigenvalue weighted by Gasteiger charge is 2.14. The van der Waals surface area contributed by atoms with Gasteiger partial charge in [0.2, 0.25) is 0 Å². The molecule has 0 atom stereocenters. The summed E-state index contributed by atoms with van der Waals surface area (Å²) in [6.07, 6.45) is 5.70. The lowest BCUT2D eigenvalue weighted by molar-refractivity contribution is -0.134. The van der Waals surface area contributed by atoms with Gasteiger partial charge in [0.1, 0.15) is 11.6 Å². The number of benzene rings is 2. The van der Waals surface area contributed by atoms with Crippen molar-refractivity contribution in [2.45, 2.75) is 45.6 Å². The standard InChI is InChI=1S/C22H28FNO2/c1-2-3-4-5-9-16-24(17-19-12-14-20(23)15-13-19)22(25)18-26-21-10-7-6-8-11-21/h6-8,10-15H,2-5,9,16-18H2,1H3. The second-order valence-corrected chi connectivity index (χ2v) is 6.46. The van der Waals surface area contributed by atoms with Gasteiger partial charge in [-0.3, -0.25) is 4.79 Å². The summed E-state index contributed by atoms with van der Waals surface area (Å²) in [7, 11) is 0. The molecule has 0 saturated carbocycles. The van der Waals surface area contributed by atoms with Gasteiger partial charge < -0.3 is 9.64 Å². The molecule has 0 spiro atoms. The number of hydrogen-bond donors (Lipinski definition) is 0. The zero-order chi connectivity index (χ0) is 18.6. The first-order valence-electron chi connectivity index (χ1n) is 9.39. The number of carbonyl (C=O) groups is 1. The van der Waals surface area contributed by atoms with Crippen molar-refractivity contribution < 1.29 is 13.9 Å². The quantitative estimate of drug-likeness (QED) is 0.517. The van der Waals surface area contributed by atoms with Crippen molar-refractivity contribution in [3.63, 3.8) is 0 Å². The third-order valence-electron chi connectivity index (χ3n) is 4.28. The molecule has 0 aromatic heterocycles. The molecule has 0 saturated heterocycles. The Morgan fingerprint density at radius 3 is 2.35 bits per heavy atom. The normalized spacial score (nSPS) is 10.5. The van der Waals surface area contributed by atoms with E-state index in [2.05, 4.69) is 6.92 Å². The van der Waals surface area contributed by atoms with Crippen LogP contribution in [0, 0.1) is 5.82 Å². The average Bonchev–Trinajstić information content (AvgIpc) is 2.67. The summed E-state index contributed by atoms with van der Waals surface area (Å²) in [5, 5.41) is 0. The fourth-order valence-electron chi connectivity index (χ4n) is 2.76. The van der Waals surface area contributed by atoms with Gasteiger partial charge in [-0.1, -0.05) is 62.9 Å². The average molecular weight is 357 g/mol. The second-order valence-electron chi connectivity index (χ2n) is 6.46. The molecule has 0 bridgehead atoms. The Bertz CT molecular complexity index is 643. The molecule has 2 rings (SSSR count). The maximum atomic E-state index is 13.1. The summed E-state index contributed by atoms with van der Waals surface area (Å²) in [5.41, 5.74) is 0.924. The van der Waals surface area contributed by atoms with Crippen molar-refractivity contribution in [2.24, 2.45) is 0 Å². The third-order valence-corrected chi connectivity index (χ3v) is 4.28. The second kappa shape index (κ2) is 11.3. The molecule has 0 aliphatic carbocycles. The topological polar surface area (TPSA) is 29.5 Å². The lowest BCUT2D eigenvalue weighted by Gasteiger charge is -2.23. The van der Waals surface area contributed by atoms with E-state index in [0.29, 0.717) is 18.8 Å². The Morgan fingerprint density at radius 1 is 0.962 bits per heavy atom. The number of hydrogen-bond acceptors (Lipinski definition) is 2. The molecule has 0 fully saturated rings. The minimum Gasteiger partial charge on any atom is -0.484 e. The fourth-order valence-corrected chi connectivity index (χ4v) is 2.76. The van der Waals surface area contributed by atoms with Crippen LogP contribution in [0.4, 0.5) is 4.39 Å². The van der Waals surface area contributed by atoms with E-state index in [-0.39, 0.29) is 18.3 Å². The molecular weight excluding hydrogens is 329 g/mol. The van der Waals surface area contributed by atoms with E-state index in [1.807, 2.05) is 35.2 Å². The lowest BCUT2D eigenvalue weighted by Crippen LogP contribution is -2.35. The minimum atomic E-state index is -0.265. The van der Waals surface area contributed by atoms with Crippen LogP contribution >= 0.6 is 0 Å². The van der Waals surface area contributed by atoms with Crippen LogP contribution in [0.2, 0.25) is 0 Å². The molecule has 0 N–H and O–H groups in total. The Hall–Kier alpha value is -2.36. The number of halogens is 1. The van der Waals surface area contributed by atoms with Gasteiger partial charge in [-0.05, 0) is 36.2 Å².